The molecule has 1 unspecified atom stereocenters. The van der Waals surface area contributed by atoms with Gasteiger partial charge >= 0.3 is 0 Å². The molecular formula is C14H18O. The van der Waals surface area contributed by atoms with Gasteiger partial charge in [-0.3, -0.25) is 0 Å². The maximum atomic E-state index is 8.59. The molecule has 1 heteroatoms. The summed E-state index contributed by atoms with van der Waals surface area (Å²) in [7, 11) is 0. The van der Waals surface area contributed by atoms with E-state index in [1.165, 1.54) is 5.56 Å². The van der Waals surface area contributed by atoms with Gasteiger partial charge < -0.3 is 5.11 Å². The monoisotopic (exact) mass is 202 g/mol. The van der Waals surface area contributed by atoms with Crippen LogP contribution in [-0.4, -0.2) is 11.7 Å². The zero-order valence-electron chi connectivity index (χ0n) is 9.46. The van der Waals surface area contributed by atoms with Gasteiger partial charge in [-0.1, -0.05) is 37.8 Å². The third-order valence-electron chi connectivity index (χ3n) is 2.56. The Morgan fingerprint density at radius 3 is 2.47 bits per heavy atom. The van der Waals surface area contributed by atoms with E-state index in [0.29, 0.717) is 12.3 Å². The lowest BCUT2D eigenvalue weighted by Crippen LogP contribution is -1.90. The van der Waals surface area contributed by atoms with Gasteiger partial charge in [0, 0.05) is 12.0 Å². The minimum atomic E-state index is 0.137. The van der Waals surface area contributed by atoms with Crippen molar-refractivity contribution in [3.63, 3.8) is 0 Å². The van der Waals surface area contributed by atoms with E-state index in [2.05, 4.69) is 37.8 Å². The van der Waals surface area contributed by atoms with Crippen LogP contribution in [-0.2, 0) is 0 Å². The molecule has 1 nitrogen and oxygen atoms in total. The van der Waals surface area contributed by atoms with Gasteiger partial charge in [0.2, 0.25) is 0 Å². The first-order valence-corrected chi connectivity index (χ1v) is 5.47. The lowest BCUT2D eigenvalue weighted by atomic mass is 9.98. The molecule has 1 aromatic carbocycles. The molecule has 0 aliphatic rings. The van der Waals surface area contributed by atoms with Gasteiger partial charge in [0.15, 0.2) is 0 Å². The molecule has 1 aromatic rings. The largest absolute Gasteiger partial charge is 0.395 e. The molecule has 0 bridgehead atoms. The Kier molecular flexibility index (Phi) is 4.93. The van der Waals surface area contributed by atoms with Gasteiger partial charge in [-0.25, -0.2) is 0 Å². The minimum Gasteiger partial charge on any atom is -0.395 e. The second-order valence-electron chi connectivity index (χ2n) is 3.71. The van der Waals surface area contributed by atoms with E-state index in [1.807, 2.05) is 12.1 Å². The van der Waals surface area contributed by atoms with Crippen LogP contribution in [0.25, 0.3) is 0 Å². The molecule has 0 radical (unpaired) electrons. The van der Waals surface area contributed by atoms with Crippen LogP contribution in [0.2, 0.25) is 0 Å². The first-order chi connectivity index (χ1) is 7.27. The van der Waals surface area contributed by atoms with Crippen molar-refractivity contribution >= 4 is 0 Å². The maximum absolute atomic E-state index is 8.59. The summed E-state index contributed by atoms with van der Waals surface area (Å²) >= 11 is 0. The van der Waals surface area contributed by atoms with Crippen molar-refractivity contribution in [2.45, 2.75) is 32.6 Å². The van der Waals surface area contributed by atoms with Gasteiger partial charge in [-0.05, 0) is 30.0 Å². The van der Waals surface area contributed by atoms with Crippen molar-refractivity contribution in [1.29, 1.82) is 0 Å². The van der Waals surface area contributed by atoms with E-state index in [1.54, 1.807) is 0 Å². The normalized spacial score (nSPS) is 11.7. The van der Waals surface area contributed by atoms with Crippen molar-refractivity contribution in [2.75, 3.05) is 6.61 Å². The van der Waals surface area contributed by atoms with E-state index in [4.69, 9.17) is 5.11 Å². The summed E-state index contributed by atoms with van der Waals surface area (Å²) in [5, 5.41) is 8.59. The summed E-state index contributed by atoms with van der Waals surface area (Å²) in [6.07, 6.45) is 1.71. The minimum absolute atomic E-state index is 0.137. The Hall–Kier alpha value is -1.26. The fourth-order valence-electron chi connectivity index (χ4n) is 1.35. The highest BCUT2D eigenvalue weighted by Crippen LogP contribution is 2.18. The van der Waals surface area contributed by atoms with Crippen LogP contribution < -0.4 is 0 Å². The molecular weight excluding hydrogens is 184 g/mol. The van der Waals surface area contributed by atoms with Crippen molar-refractivity contribution in [2.24, 2.45) is 0 Å². The summed E-state index contributed by atoms with van der Waals surface area (Å²) < 4.78 is 0. The molecule has 0 saturated heterocycles. The van der Waals surface area contributed by atoms with Crippen LogP contribution in [0.4, 0.5) is 0 Å². The van der Waals surface area contributed by atoms with Crippen molar-refractivity contribution in [3.8, 4) is 11.8 Å². The van der Waals surface area contributed by atoms with E-state index in [0.717, 1.165) is 12.0 Å². The summed E-state index contributed by atoms with van der Waals surface area (Å²) in [5.41, 5.74) is 2.39. The number of hydrogen-bond acceptors (Lipinski definition) is 1. The van der Waals surface area contributed by atoms with E-state index in [-0.39, 0.29) is 6.61 Å². The van der Waals surface area contributed by atoms with Crippen molar-refractivity contribution in [1.82, 2.24) is 0 Å². The second kappa shape index (κ2) is 6.27. The summed E-state index contributed by atoms with van der Waals surface area (Å²) in [4.78, 5) is 0. The predicted octanol–water partition coefficient (Wildman–Crippen LogP) is 2.93. The van der Waals surface area contributed by atoms with Crippen LogP contribution in [0.1, 0.15) is 43.7 Å². The van der Waals surface area contributed by atoms with E-state index in [9.17, 15) is 0 Å². The Morgan fingerprint density at radius 1 is 1.27 bits per heavy atom. The molecule has 0 heterocycles. The molecule has 1 N–H and O–H groups in total. The highest BCUT2D eigenvalue weighted by molar-refractivity contribution is 5.36. The van der Waals surface area contributed by atoms with E-state index >= 15 is 0 Å². The number of hydrogen-bond donors (Lipinski definition) is 1. The van der Waals surface area contributed by atoms with Gasteiger partial charge in [0.25, 0.3) is 0 Å². The molecule has 0 spiro atoms. The highest BCUT2D eigenvalue weighted by atomic mass is 16.2. The van der Waals surface area contributed by atoms with Gasteiger partial charge in [-0.15, -0.1) is 0 Å². The van der Waals surface area contributed by atoms with Crippen molar-refractivity contribution < 1.29 is 5.11 Å². The molecule has 0 saturated carbocycles. The lowest BCUT2D eigenvalue weighted by Gasteiger charge is -2.07. The summed E-state index contributed by atoms with van der Waals surface area (Å²) in [6, 6.07) is 8.37. The average molecular weight is 202 g/mol. The Morgan fingerprint density at radius 2 is 1.93 bits per heavy atom. The Balaban J connectivity index is 2.69. The molecule has 0 fully saturated rings. The number of aliphatic hydroxyl groups is 1. The molecule has 1 rings (SSSR count). The summed E-state index contributed by atoms with van der Waals surface area (Å²) in [5.74, 6) is 6.55. The predicted molar refractivity (Wildman–Crippen MR) is 63.7 cm³/mol. The van der Waals surface area contributed by atoms with Crippen LogP contribution >= 0.6 is 0 Å². The third-order valence-corrected chi connectivity index (χ3v) is 2.56. The molecule has 0 aliphatic carbocycles. The first-order valence-electron chi connectivity index (χ1n) is 5.47. The standard InChI is InChI=1S/C14H18O/c1-3-12(2)14-9-7-13(8-10-14)6-4-5-11-15/h7-10,12,15H,3,5,11H2,1-2H3. The SMILES string of the molecule is CCC(C)c1ccc(C#CCCO)cc1. The smallest absolute Gasteiger partial charge is 0.0540 e. The lowest BCUT2D eigenvalue weighted by molar-refractivity contribution is 0.305. The molecule has 1 atom stereocenters. The van der Waals surface area contributed by atoms with Crippen LogP contribution in [0, 0.1) is 11.8 Å². The molecule has 80 valence electrons. The quantitative estimate of drug-likeness (QED) is 0.747. The molecule has 15 heavy (non-hydrogen) atoms. The second-order valence-corrected chi connectivity index (χ2v) is 3.71. The Labute approximate surface area is 92.1 Å². The fourth-order valence-corrected chi connectivity index (χ4v) is 1.35. The average Bonchev–Trinajstić information content (AvgIpc) is 2.29. The Bertz CT molecular complexity index is 340. The first kappa shape index (κ1) is 11.8. The molecule has 0 amide bonds. The van der Waals surface area contributed by atoms with E-state index < -0.39 is 0 Å². The number of benzene rings is 1. The zero-order valence-corrected chi connectivity index (χ0v) is 9.46. The van der Waals surface area contributed by atoms with Gasteiger partial charge in [-0.2, -0.15) is 0 Å². The fraction of sp³-hybridized carbons (Fsp3) is 0.429. The van der Waals surface area contributed by atoms with Crippen molar-refractivity contribution in [3.05, 3.63) is 35.4 Å². The third kappa shape index (κ3) is 3.77. The number of aliphatic hydroxyl groups excluding tert-OH is 1. The zero-order chi connectivity index (χ0) is 11.1. The molecule has 0 aromatic heterocycles. The van der Waals surface area contributed by atoms with Gasteiger partial charge in [0.05, 0.1) is 6.61 Å². The van der Waals surface area contributed by atoms with Crippen LogP contribution in [0.5, 0.6) is 0 Å². The summed E-state index contributed by atoms with van der Waals surface area (Å²) in [6.45, 7) is 4.56. The number of rotatable bonds is 3. The van der Waals surface area contributed by atoms with Crippen LogP contribution in [0.3, 0.4) is 0 Å². The van der Waals surface area contributed by atoms with Crippen LogP contribution in [0.15, 0.2) is 24.3 Å². The van der Waals surface area contributed by atoms with Gasteiger partial charge in [0.1, 0.15) is 0 Å². The highest BCUT2D eigenvalue weighted by Gasteiger charge is 2.00. The topological polar surface area (TPSA) is 20.2 Å². The maximum Gasteiger partial charge on any atom is 0.0540 e. The molecule has 0 aliphatic heterocycles.